The third kappa shape index (κ3) is 2.58. The predicted molar refractivity (Wildman–Crippen MR) is 90.5 cm³/mol. The van der Waals surface area contributed by atoms with Crippen LogP contribution in [0.15, 0.2) is 55.1 Å². The highest BCUT2D eigenvalue weighted by Gasteiger charge is 2.32. The molecule has 1 aliphatic rings. The van der Waals surface area contributed by atoms with Gasteiger partial charge in [0.25, 0.3) is 5.91 Å². The number of rotatable bonds is 3. The number of halogens is 2. The first-order chi connectivity index (χ1) is 10.6. The molecular weight excluding hydrogens is 319 g/mol. The van der Waals surface area contributed by atoms with Crippen LogP contribution >= 0.6 is 23.2 Å². The molecule has 0 saturated heterocycles. The Morgan fingerprint density at radius 3 is 2.73 bits per heavy atom. The van der Waals surface area contributed by atoms with Crippen LogP contribution in [0.2, 0.25) is 10.0 Å². The molecule has 1 N–H and O–H groups in total. The molecule has 1 amide bonds. The summed E-state index contributed by atoms with van der Waals surface area (Å²) in [6.45, 7) is 4.15. The van der Waals surface area contributed by atoms with Gasteiger partial charge in [-0.25, -0.2) is 0 Å². The number of hydrogen-bond donors (Lipinski definition) is 1. The Kier molecular flexibility index (Phi) is 4.10. The second-order valence-electron chi connectivity index (χ2n) is 5.00. The number of amides is 1. The standard InChI is InChI=1S/C17H14Cl2N2O/c1-2-9-21-16(12-8-7-11(18)10-14(12)19)20-15-6-4-3-5-13(15)17(21)22/h2-8,10,16,20H,1,9H2. The lowest BCUT2D eigenvalue weighted by Crippen LogP contribution is -2.43. The van der Waals surface area contributed by atoms with Crippen LogP contribution in [-0.4, -0.2) is 17.4 Å². The van der Waals surface area contributed by atoms with E-state index in [2.05, 4.69) is 11.9 Å². The minimum atomic E-state index is -0.356. The molecule has 1 heterocycles. The Bertz CT molecular complexity index is 745. The second-order valence-corrected chi connectivity index (χ2v) is 5.85. The van der Waals surface area contributed by atoms with E-state index in [-0.39, 0.29) is 12.1 Å². The third-order valence-corrected chi connectivity index (χ3v) is 4.17. The maximum atomic E-state index is 12.7. The Hall–Kier alpha value is -1.97. The SMILES string of the molecule is C=CCN1C(=O)c2ccccc2NC1c1ccc(Cl)cc1Cl. The maximum Gasteiger partial charge on any atom is 0.258 e. The molecule has 0 aliphatic carbocycles. The predicted octanol–water partition coefficient (Wildman–Crippen LogP) is 4.75. The zero-order valence-electron chi connectivity index (χ0n) is 11.7. The molecule has 3 rings (SSSR count). The van der Waals surface area contributed by atoms with Crippen molar-refractivity contribution in [1.29, 1.82) is 0 Å². The molecule has 112 valence electrons. The summed E-state index contributed by atoms with van der Waals surface area (Å²) >= 11 is 12.3. The van der Waals surface area contributed by atoms with Crippen LogP contribution < -0.4 is 5.32 Å². The first-order valence-corrected chi connectivity index (χ1v) is 7.60. The van der Waals surface area contributed by atoms with E-state index >= 15 is 0 Å². The topological polar surface area (TPSA) is 32.3 Å². The van der Waals surface area contributed by atoms with Crippen molar-refractivity contribution in [3.8, 4) is 0 Å². The maximum absolute atomic E-state index is 12.7. The van der Waals surface area contributed by atoms with Crippen LogP contribution in [0.25, 0.3) is 0 Å². The minimum absolute atomic E-state index is 0.0507. The van der Waals surface area contributed by atoms with E-state index in [1.807, 2.05) is 24.3 Å². The normalized spacial score (nSPS) is 16.9. The van der Waals surface area contributed by atoms with Gasteiger partial charge in [0, 0.05) is 27.8 Å². The molecule has 3 nitrogen and oxygen atoms in total. The molecule has 22 heavy (non-hydrogen) atoms. The van der Waals surface area contributed by atoms with Crippen molar-refractivity contribution in [3.63, 3.8) is 0 Å². The molecule has 1 atom stereocenters. The van der Waals surface area contributed by atoms with Crippen molar-refractivity contribution >= 4 is 34.8 Å². The first kappa shape index (κ1) is 14.9. The zero-order chi connectivity index (χ0) is 15.7. The van der Waals surface area contributed by atoms with Crippen molar-refractivity contribution in [2.45, 2.75) is 6.17 Å². The zero-order valence-corrected chi connectivity index (χ0v) is 13.2. The largest absolute Gasteiger partial charge is 0.361 e. The van der Waals surface area contributed by atoms with Crippen molar-refractivity contribution in [2.24, 2.45) is 0 Å². The molecule has 0 bridgehead atoms. The number of nitrogens with one attached hydrogen (secondary N) is 1. The van der Waals surface area contributed by atoms with E-state index in [1.54, 1.807) is 29.2 Å². The van der Waals surface area contributed by atoms with E-state index in [4.69, 9.17) is 23.2 Å². The fourth-order valence-corrected chi connectivity index (χ4v) is 3.10. The molecule has 0 fully saturated rings. The lowest BCUT2D eigenvalue weighted by atomic mass is 10.0. The molecule has 0 radical (unpaired) electrons. The van der Waals surface area contributed by atoms with Crippen LogP contribution in [-0.2, 0) is 0 Å². The van der Waals surface area contributed by atoms with Crippen LogP contribution in [0.5, 0.6) is 0 Å². The van der Waals surface area contributed by atoms with Gasteiger partial charge in [-0.1, -0.05) is 47.5 Å². The number of benzene rings is 2. The summed E-state index contributed by atoms with van der Waals surface area (Å²) in [5, 5.41) is 4.45. The molecule has 0 saturated carbocycles. The summed E-state index contributed by atoms with van der Waals surface area (Å²) in [6, 6.07) is 12.7. The highest BCUT2D eigenvalue weighted by atomic mass is 35.5. The van der Waals surface area contributed by atoms with Gasteiger partial charge in [-0.15, -0.1) is 6.58 Å². The molecule has 1 unspecified atom stereocenters. The van der Waals surface area contributed by atoms with Crippen LogP contribution in [0.3, 0.4) is 0 Å². The Labute approximate surface area is 139 Å². The molecule has 5 heteroatoms. The number of fused-ring (bicyclic) bond motifs is 1. The van der Waals surface area contributed by atoms with E-state index in [1.165, 1.54) is 0 Å². The lowest BCUT2D eigenvalue weighted by molar-refractivity contribution is 0.0707. The van der Waals surface area contributed by atoms with E-state index in [0.717, 1.165) is 11.3 Å². The van der Waals surface area contributed by atoms with Gasteiger partial charge in [0.15, 0.2) is 0 Å². The number of hydrogen-bond acceptors (Lipinski definition) is 2. The molecular formula is C17H14Cl2N2O. The fraction of sp³-hybridized carbons (Fsp3) is 0.118. The highest BCUT2D eigenvalue weighted by Crippen LogP contribution is 2.36. The van der Waals surface area contributed by atoms with Gasteiger partial charge in [0.2, 0.25) is 0 Å². The van der Waals surface area contributed by atoms with Gasteiger partial charge in [0.05, 0.1) is 5.56 Å². The van der Waals surface area contributed by atoms with Crippen LogP contribution in [0.4, 0.5) is 5.69 Å². The Morgan fingerprint density at radius 2 is 2.00 bits per heavy atom. The quantitative estimate of drug-likeness (QED) is 0.823. The number of anilines is 1. The van der Waals surface area contributed by atoms with Crippen LogP contribution in [0, 0.1) is 0 Å². The first-order valence-electron chi connectivity index (χ1n) is 6.84. The van der Waals surface area contributed by atoms with E-state index in [9.17, 15) is 4.79 Å². The van der Waals surface area contributed by atoms with Crippen molar-refractivity contribution in [3.05, 3.63) is 76.3 Å². The second kappa shape index (κ2) is 6.03. The van der Waals surface area contributed by atoms with Gasteiger partial charge in [-0.05, 0) is 24.3 Å². The Morgan fingerprint density at radius 1 is 1.23 bits per heavy atom. The lowest BCUT2D eigenvalue weighted by Gasteiger charge is -2.38. The number of carbonyl (C=O) groups is 1. The summed E-state index contributed by atoms with van der Waals surface area (Å²) in [5.74, 6) is -0.0507. The van der Waals surface area contributed by atoms with Gasteiger partial charge in [0.1, 0.15) is 6.17 Å². The summed E-state index contributed by atoms with van der Waals surface area (Å²) in [6.07, 6.45) is 1.34. The Balaban J connectivity index is 2.09. The van der Waals surface area contributed by atoms with Crippen molar-refractivity contribution in [2.75, 3.05) is 11.9 Å². The van der Waals surface area contributed by atoms with Gasteiger partial charge >= 0.3 is 0 Å². The number of nitrogens with zero attached hydrogens (tertiary/aromatic N) is 1. The van der Waals surface area contributed by atoms with Gasteiger partial charge < -0.3 is 10.2 Å². The summed E-state index contributed by atoms with van der Waals surface area (Å²) < 4.78 is 0. The summed E-state index contributed by atoms with van der Waals surface area (Å²) in [5.41, 5.74) is 2.24. The third-order valence-electron chi connectivity index (χ3n) is 3.61. The summed E-state index contributed by atoms with van der Waals surface area (Å²) in [4.78, 5) is 14.4. The highest BCUT2D eigenvalue weighted by molar-refractivity contribution is 6.35. The monoisotopic (exact) mass is 332 g/mol. The molecule has 2 aromatic carbocycles. The average molecular weight is 333 g/mol. The smallest absolute Gasteiger partial charge is 0.258 e. The average Bonchev–Trinajstić information content (AvgIpc) is 2.50. The minimum Gasteiger partial charge on any atom is -0.361 e. The number of carbonyl (C=O) groups excluding carboxylic acids is 1. The molecule has 1 aliphatic heterocycles. The van der Waals surface area contributed by atoms with Crippen molar-refractivity contribution in [1.82, 2.24) is 4.90 Å². The van der Waals surface area contributed by atoms with Gasteiger partial charge in [-0.3, -0.25) is 4.79 Å². The van der Waals surface area contributed by atoms with E-state index < -0.39 is 0 Å². The molecule has 0 spiro atoms. The van der Waals surface area contributed by atoms with E-state index in [0.29, 0.717) is 22.2 Å². The fourth-order valence-electron chi connectivity index (χ4n) is 2.59. The molecule has 0 aromatic heterocycles. The summed E-state index contributed by atoms with van der Waals surface area (Å²) in [7, 11) is 0. The van der Waals surface area contributed by atoms with Crippen molar-refractivity contribution < 1.29 is 4.79 Å². The van der Waals surface area contributed by atoms with Gasteiger partial charge in [-0.2, -0.15) is 0 Å². The molecule has 2 aromatic rings. The van der Waals surface area contributed by atoms with Crippen LogP contribution in [0.1, 0.15) is 22.1 Å². The number of para-hydroxylation sites is 1.